The molecule has 0 spiro atoms. The van der Waals surface area contributed by atoms with E-state index in [2.05, 4.69) is 4.98 Å². The predicted octanol–water partition coefficient (Wildman–Crippen LogP) is 2.44. The Kier molecular flexibility index (Phi) is 3.46. The molecule has 0 atom stereocenters. The van der Waals surface area contributed by atoms with Crippen LogP contribution in [0.25, 0.3) is 0 Å². The van der Waals surface area contributed by atoms with Crippen molar-refractivity contribution in [1.82, 2.24) is 9.55 Å². The summed E-state index contributed by atoms with van der Waals surface area (Å²) in [5.74, 6) is 0.734. The number of carbonyl (C=O) groups is 1. The second-order valence-corrected chi connectivity index (χ2v) is 4.41. The van der Waals surface area contributed by atoms with E-state index in [-0.39, 0.29) is 11.9 Å². The van der Waals surface area contributed by atoms with Crippen LogP contribution in [0.2, 0.25) is 0 Å². The van der Waals surface area contributed by atoms with E-state index in [0.717, 1.165) is 5.75 Å². The average Bonchev–Trinajstić information content (AvgIpc) is 2.75. The van der Waals surface area contributed by atoms with Gasteiger partial charge in [-0.25, -0.2) is 4.98 Å². The quantitative estimate of drug-likeness (QED) is 0.776. The highest BCUT2D eigenvalue weighted by Crippen LogP contribution is 2.16. The van der Waals surface area contributed by atoms with Crippen molar-refractivity contribution in [3.05, 3.63) is 48.0 Å². The van der Waals surface area contributed by atoms with Crippen molar-refractivity contribution in [2.75, 3.05) is 0 Å². The molecule has 2 rings (SSSR count). The van der Waals surface area contributed by atoms with Gasteiger partial charge in [-0.2, -0.15) is 0 Å². The van der Waals surface area contributed by atoms with Crippen LogP contribution in [0.1, 0.15) is 29.9 Å². The summed E-state index contributed by atoms with van der Waals surface area (Å²) in [4.78, 5) is 16.1. The fourth-order valence-corrected chi connectivity index (χ4v) is 1.68. The number of ether oxygens (including phenoxy) is 1. The number of nitrogens with zero attached hydrogens (tertiary/aromatic N) is 2. The smallest absolute Gasteiger partial charge is 0.211 e. The van der Waals surface area contributed by atoms with Crippen LogP contribution in [0.15, 0.2) is 36.8 Å². The lowest BCUT2D eigenvalue weighted by molar-refractivity contribution is 0.103. The van der Waals surface area contributed by atoms with Crippen LogP contribution in [0, 0.1) is 0 Å². The molecule has 0 fully saturated rings. The lowest BCUT2D eigenvalue weighted by Crippen LogP contribution is -2.08. The summed E-state index contributed by atoms with van der Waals surface area (Å²) in [6.07, 6.45) is 3.31. The maximum Gasteiger partial charge on any atom is 0.211 e. The molecule has 0 saturated carbocycles. The molecule has 0 radical (unpaired) electrons. The number of aromatic nitrogens is 2. The highest BCUT2D eigenvalue weighted by Gasteiger charge is 2.12. The van der Waals surface area contributed by atoms with Gasteiger partial charge in [0.15, 0.2) is 0 Å². The van der Waals surface area contributed by atoms with Gasteiger partial charge < -0.3 is 9.30 Å². The van der Waals surface area contributed by atoms with E-state index >= 15 is 0 Å². The third kappa shape index (κ3) is 2.59. The zero-order valence-electron chi connectivity index (χ0n) is 10.8. The maximum absolute atomic E-state index is 12.2. The molecule has 0 N–H and O–H groups in total. The summed E-state index contributed by atoms with van der Waals surface area (Å²) in [7, 11) is 1.80. The summed E-state index contributed by atoms with van der Waals surface area (Å²) >= 11 is 0. The van der Waals surface area contributed by atoms with Crippen LogP contribution < -0.4 is 4.74 Å². The second kappa shape index (κ2) is 5.04. The molecule has 0 aliphatic heterocycles. The molecule has 0 aliphatic carbocycles. The Balaban J connectivity index is 2.20. The molecular weight excluding hydrogens is 228 g/mol. The number of aryl methyl sites for hydroxylation is 1. The number of imidazole rings is 1. The van der Waals surface area contributed by atoms with Crippen molar-refractivity contribution in [3.8, 4) is 5.75 Å². The Morgan fingerprint density at radius 3 is 2.44 bits per heavy atom. The summed E-state index contributed by atoms with van der Waals surface area (Å²) in [6, 6.07) is 7.16. The SMILES string of the molecule is CC(C)Oc1ccc(C(=O)c2cncn2C)cc1. The number of carbonyl (C=O) groups excluding carboxylic acids is 1. The molecular formula is C14H16N2O2. The van der Waals surface area contributed by atoms with E-state index in [1.165, 1.54) is 0 Å². The fourth-order valence-electron chi connectivity index (χ4n) is 1.68. The van der Waals surface area contributed by atoms with Gasteiger partial charge in [-0.3, -0.25) is 4.79 Å². The maximum atomic E-state index is 12.2. The number of rotatable bonds is 4. The van der Waals surface area contributed by atoms with Gasteiger partial charge in [0, 0.05) is 12.6 Å². The number of ketones is 1. The number of benzene rings is 1. The van der Waals surface area contributed by atoms with E-state index in [1.807, 2.05) is 26.0 Å². The van der Waals surface area contributed by atoms with Crippen molar-refractivity contribution in [2.45, 2.75) is 20.0 Å². The standard InChI is InChI=1S/C14H16N2O2/c1-10(2)18-12-6-4-11(5-7-12)14(17)13-8-15-9-16(13)3/h4-10H,1-3H3. The van der Waals surface area contributed by atoms with Crippen molar-refractivity contribution in [3.63, 3.8) is 0 Å². The van der Waals surface area contributed by atoms with Gasteiger partial charge in [0.05, 0.1) is 18.6 Å². The van der Waals surface area contributed by atoms with E-state index in [9.17, 15) is 4.79 Å². The predicted molar refractivity (Wildman–Crippen MR) is 68.8 cm³/mol. The van der Waals surface area contributed by atoms with Crippen LogP contribution in [-0.4, -0.2) is 21.4 Å². The van der Waals surface area contributed by atoms with Gasteiger partial charge in [-0.1, -0.05) is 0 Å². The fraction of sp³-hybridized carbons (Fsp3) is 0.286. The lowest BCUT2D eigenvalue weighted by atomic mass is 10.1. The molecule has 2 aromatic rings. The highest BCUT2D eigenvalue weighted by molar-refractivity contribution is 6.07. The Labute approximate surface area is 106 Å². The zero-order valence-corrected chi connectivity index (χ0v) is 10.8. The van der Waals surface area contributed by atoms with E-state index < -0.39 is 0 Å². The minimum atomic E-state index is -0.0360. The summed E-state index contributed by atoms with van der Waals surface area (Å²) < 4.78 is 7.24. The molecule has 4 heteroatoms. The van der Waals surface area contributed by atoms with Crippen LogP contribution in [0.3, 0.4) is 0 Å². The monoisotopic (exact) mass is 244 g/mol. The number of hydrogen-bond acceptors (Lipinski definition) is 3. The molecule has 0 amide bonds. The van der Waals surface area contributed by atoms with E-state index in [1.54, 1.807) is 36.3 Å². The first-order valence-corrected chi connectivity index (χ1v) is 5.85. The van der Waals surface area contributed by atoms with Gasteiger partial charge >= 0.3 is 0 Å². The highest BCUT2D eigenvalue weighted by atomic mass is 16.5. The number of hydrogen-bond donors (Lipinski definition) is 0. The van der Waals surface area contributed by atoms with Gasteiger partial charge in [-0.05, 0) is 38.1 Å². The van der Waals surface area contributed by atoms with Crippen LogP contribution in [0.5, 0.6) is 5.75 Å². The van der Waals surface area contributed by atoms with Gasteiger partial charge in [-0.15, -0.1) is 0 Å². The second-order valence-electron chi connectivity index (χ2n) is 4.41. The van der Waals surface area contributed by atoms with Crippen molar-refractivity contribution in [2.24, 2.45) is 7.05 Å². The topological polar surface area (TPSA) is 44.1 Å². The van der Waals surface area contributed by atoms with Crippen molar-refractivity contribution < 1.29 is 9.53 Å². The first kappa shape index (κ1) is 12.4. The Bertz CT molecular complexity index is 541. The molecule has 1 heterocycles. The lowest BCUT2D eigenvalue weighted by Gasteiger charge is -2.09. The molecule has 18 heavy (non-hydrogen) atoms. The molecule has 4 nitrogen and oxygen atoms in total. The minimum absolute atomic E-state index is 0.0360. The Hall–Kier alpha value is -2.10. The summed E-state index contributed by atoms with van der Waals surface area (Å²) in [5, 5.41) is 0. The first-order valence-electron chi connectivity index (χ1n) is 5.85. The molecule has 0 unspecified atom stereocenters. The summed E-state index contributed by atoms with van der Waals surface area (Å²) in [5.41, 5.74) is 1.21. The van der Waals surface area contributed by atoms with Crippen LogP contribution >= 0.6 is 0 Å². The van der Waals surface area contributed by atoms with E-state index in [4.69, 9.17) is 4.74 Å². The van der Waals surface area contributed by atoms with Crippen molar-refractivity contribution in [1.29, 1.82) is 0 Å². The Morgan fingerprint density at radius 2 is 1.94 bits per heavy atom. The molecule has 1 aromatic heterocycles. The van der Waals surface area contributed by atoms with Crippen LogP contribution in [-0.2, 0) is 7.05 Å². The van der Waals surface area contributed by atoms with Crippen LogP contribution in [0.4, 0.5) is 0 Å². The third-order valence-electron chi connectivity index (χ3n) is 2.54. The van der Waals surface area contributed by atoms with E-state index in [0.29, 0.717) is 11.3 Å². The molecule has 1 aromatic carbocycles. The zero-order chi connectivity index (χ0) is 13.1. The average molecular weight is 244 g/mol. The molecule has 0 bridgehead atoms. The van der Waals surface area contributed by atoms with Gasteiger partial charge in [0.1, 0.15) is 11.4 Å². The normalized spacial score (nSPS) is 10.7. The molecule has 0 saturated heterocycles. The third-order valence-corrected chi connectivity index (χ3v) is 2.54. The molecule has 94 valence electrons. The van der Waals surface area contributed by atoms with Gasteiger partial charge in [0.25, 0.3) is 0 Å². The largest absolute Gasteiger partial charge is 0.491 e. The minimum Gasteiger partial charge on any atom is -0.491 e. The molecule has 0 aliphatic rings. The first-order chi connectivity index (χ1) is 8.58. The summed E-state index contributed by atoms with van der Waals surface area (Å²) in [6.45, 7) is 3.93. The Morgan fingerprint density at radius 1 is 1.28 bits per heavy atom. The van der Waals surface area contributed by atoms with Gasteiger partial charge in [0.2, 0.25) is 5.78 Å². The van der Waals surface area contributed by atoms with Crippen molar-refractivity contribution >= 4 is 5.78 Å².